The Morgan fingerprint density at radius 2 is 2.41 bits per heavy atom. The lowest BCUT2D eigenvalue weighted by atomic mass is 10.3. The highest BCUT2D eigenvalue weighted by Crippen LogP contribution is 2.19. The average Bonchev–Trinajstić information content (AvgIpc) is 3.00. The second kappa shape index (κ2) is 6.33. The van der Waals surface area contributed by atoms with Crippen molar-refractivity contribution in [2.75, 3.05) is 6.54 Å². The lowest BCUT2D eigenvalue weighted by Crippen LogP contribution is -2.26. The number of nitrogens with zero attached hydrogens (tertiary/aromatic N) is 1. The number of amides is 1. The molecule has 0 atom stereocenters. The van der Waals surface area contributed by atoms with Gasteiger partial charge in [0.1, 0.15) is 9.34 Å². The van der Waals surface area contributed by atoms with Gasteiger partial charge in [0.25, 0.3) is 0 Å². The second-order valence-corrected chi connectivity index (χ2v) is 5.93. The third kappa shape index (κ3) is 5.02. The zero-order valence-corrected chi connectivity index (χ0v) is 11.1. The van der Waals surface area contributed by atoms with Crippen molar-refractivity contribution in [2.24, 2.45) is 0 Å². The van der Waals surface area contributed by atoms with Gasteiger partial charge in [-0.25, -0.2) is 4.98 Å². The summed E-state index contributed by atoms with van der Waals surface area (Å²) in [5.41, 5.74) is 0. The molecule has 1 heterocycles. The van der Waals surface area contributed by atoms with Gasteiger partial charge in [-0.1, -0.05) is 11.6 Å². The van der Waals surface area contributed by atoms with E-state index in [1.54, 1.807) is 6.20 Å². The third-order valence-electron chi connectivity index (χ3n) is 2.50. The Hall–Kier alpha value is -0.650. The molecule has 1 aromatic heterocycles. The molecule has 0 aliphatic heterocycles. The maximum atomic E-state index is 11.4. The minimum absolute atomic E-state index is 0.173. The molecule has 2 N–H and O–H groups in total. The van der Waals surface area contributed by atoms with Crippen molar-refractivity contribution in [2.45, 2.75) is 38.3 Å². The molecule has 0 bridgehead atoms. The Bertz CT molecular complexity index is 379. The highest BCUT2D eigenvalue weighted by atomic mass is 35.5. The fourth-order valence-electron chi connectivity index (χ4n) is 1.47. The Morgan fingerprint density at radius 1 is 1.59 bits per heavy atom. The van der Waals surface area contributed by atoms with Crippen LogP contribution in [0.4, 0.5) is 0 Å². The number of hydrogen-bond donors (Lipinski definition) is 2. The van der Waals surface area contributed by atoms with Crippen LogP contribution in [0.5, 0.6) is 0 Å². The summed E-state index contributed by atoms with van der Waals surface area (Å²) < 4.78 is 0.714. The van der Waals surface area contributed by atoms with Gasteiger partial charge in [0.15, 0.2) is 0 Å². The quantitative estimate of drug-likeness (QED) is 0.747. The van der Waals surface area contributed by atoms with E-state index >= 15 is 0 Å². The van der Waals surface area contributed by atoms with Gasteiger partial charge < -0.3 is 10.6 Å². The van der Waals surface area contributed by atoms with E-state index in [0.717, 1.165) is 37.4 Å². The van der Waals surface area contributed by atoms with E-state index in [4.69, 9.17) is 11.6 Å². The van der Waals surface area contributed by atoms with Gasteiger partial charge >= 0.3 is 0 Å². The first-order valence-corrected chi connectivity index (χ1v) is 7.04. The van der Waals surface area contributed by atoms with Crippen molar-refractivity contribution < 1.29 is 4.79 Å². The molecule has 4 nitrogen and oxygen atoms in total. The molecule has 1 saturated carbocycles. The normalized spacial score (nSPS) is 14.9. The number of carbonyl (C=O) groups excluding carboxylic acids is 1. The van der Waals surface area contributed by atoms with Crippen LogP contribution in [0.3, 0.4) is 0 Å². The van der Waals surface area contributed by atoms with Crippen LogP contribution in [0.1, 0.15) is 30.7 Å². The summed E-state index contributed by atoms with van der Waals surface area (Å²) in [4.78, 5) is 15.5. The predicted octanol–water partition coefficient (Wildman–Crippen LogP) is 1.94. The summed E-state index contributed by atoms with van der Waals surface area (Å²) in [6.45, 7) is 1.55. The van der Waals surface area contributed by atoms with Gasteiger partial charge in [0, 0.05) is 19.0 Å². The van der Waals surface area contributed by atoms with E-state index in [9.17, 15) is 4.79 Å². The molecule has 0 saturated heterocycles. The van der Waals surface area contributed by atoms with Crippen molar-refractivity contribution in [3.63, 3.8) is 0 Å². The van der Waals surface area contributed by atoms with E-state index in [0.29, 0.717) is 16.8 Å². The fourth-order valence-corrected chi connectivity index (χ4v) is 2.39. The number of carbonyl (C=O) groups is 1. The van der Waals surface area contributed by atoms with Gasteiger partial charge in [0.05, 0.1) is 6.20 Å². The van der Waals surface area contributed by atoms with Crippen LogP contribution in [0.2, 0.25) is 4.34 Å². The predicted molar refractivity (Wildman–Crippen MR) is 69.2 cm³/mol. The van der Waals surface area contributed by atoms with Crippen LogP contribution in [0.25, 0.3) is 0 Å². The topological polar surface area (TPSA) is 54.0 Å². The molecule has 94 valence electrons. The number of nitrogens with one attached hydrogen (secondary N) is 2. The van der Waals surface area contributed by atoms with Gasteiger partial charge in [-0.15, -0.1) is 11.3 Å². The number of thiazole rings is 1. The lowest BCUT2D eigenvalue weighted by molar-refractivity contribution is -0.121. The number of rotatable bonds is 7. The maximum Gasteiger partial charge on any atom is 0.220 e. The molecule has 0 spiro atoms. The largest absolute Gasteiger partial charge is 0.353 e. The maximum absolute atomic E-state index is 11.4. The summed E-state index contributed by atoms with van der Waals surface area (Å²) in [7, 11) is 0. The van der Waals surface area contributed by atoms with Crippen molar-refractivity contribution in [3.05, 3.63) is 15.5 Å². The Morgan fingerprint density at radius 3 is 3.06 bits per heavy atom. The summed E-state index contributed by atoms with van der Waals surface area (Å²) in [5.74, 6) is 0.173. The SMILES string of the molecule is O=C(CCCNCc1ncc(Cl)s1)NC1CC1. The number of aromatic nitrogens is 1. The highest BCUT2D eigenvalue weighted by Gasteiger charge is 2.22. The monoisotopic (exact) mass is 273 g/mol. The van der Waals surface area contributed by atoms with Crippen LogP contribution in [-0.4, -0.2) is 23.5 Å². The molecule has 0 unspecified atom stereocenters. The molecule has 1 fully saturated rings. The van der Waals surface area contributed by atoms with Crippen molar-refractivity contribution in [1.29, 1.82) is 0 Å². The van der Waals surface area contributed by atoms with E-state index in [1.807, 2.05) is 0 Å². The molecule has 1 amide bonds. The number of halogens is 1. The van der Waals surface area contributed by atoms with Gasteiger partial charge in [0.2, 0.25) is 5.91 Å². The molecule has 0 aromatic carbocycles. The highest BCUT2D eigenvalue weighted by molar-refractivity contribution is 7.15. The van der Waals surface area contributed by atoms with Crippen molar-refractivity contribution >= 4 is 28.8 Å². The number of hydrogen-bond acceptors (Lipinski definition) is 4. The minimum Gasteiger partial charge on any atom is -0.353 e. The van der Waals surface area contributed by atoms with Crippen LogP contribution in [0, 0.1) is 0 Å². The molecule has 1 aliphatic rings. The molecule has 0 radical (unpaired) electrons. The Balaban J connectivity index is 1.49. The zero-order valence-electron chi connectivity index (χ0n) is 9.54. The van der Waals surface area contributed by atoms with Gasteiger partial charge in [-0.05, 0) is 25.8 Å². The molecule has 6 heteroatoms. The molecule has 1 aliphatic carbocycles. The van der Waals surface area contributed by atoms with Crippen molar-refractivity contribution in [3.8, 4) is 0 Å². The van der Waals surface area contributed by atoms with Crippen LogP contribution >= 0.6 is 22.9 Å². The third-order valence-corrected chi connectivity index (χ3v) is 3.62. The first-order valence-electron chi connectivity index (χ1n) is 5.84. The first-order chi connectivity index (χ1) is 8.24. The van der Waals surface area contributed by atoms with Crippen LogP contribution in [-0.2, 0) is 11.3 Å². The molecular weight excluding hydrogens is 258 g/mol. The average molecular weight is 274 g/mol. The van der Waals surface area contributed by atoms with Gasteiger partial charge in [-0.2, -0.15) is 0 Å². The van der Waals surface area contributed by atoms with Crippen LogP contribution in [0.15, 0.2) is 6.20 Å². The van der Waals surface area contributed by atoms with Crippen molar-refractivity contribution in [1.82, 2.24) is 15.6 Å². The molecule has 17 heavy (non-hydrogen) atoms. The Labute approximate surface area is 110 Å². The standard InChI is InChI=1S/C11H16ClN3OS/c12-9-6-14-11(17-9)7-13-5-1-2-10(16)15-8-3-4-8/h6,8,13H,1-5,7H2,(H,15,16). The fraction of sp³-hybridized carbons (Fsp3) is 0.636. The molecule has 2 rings (SSSR count). The summed E-state index contributed by atoms with van der Waals surface area (Å²) in [6, 6.07) is 0.466. The van der Waals surface area contributed by atoms with Crippen LogP contribution < -0.4 is 10.6 Å². The smallest absolute Gasteiger partial charge is 0.220 e. The van der Waals surface area contributed by atoms with E-state index < -0.39 is 0 Å². The van der Waals surface area contributed by atoms with E-state index in [-0.39, 0.29) is 5.91 Å². The van der Waals surface area contributed by atoms with Gasteiger partial charge in [-0.3, -0.25) is 4.79 Å². The summed E-state index contributed by atoms with van der Waals surface area (Å²) >= 11 is 7.25. The lowest BCUT2D eigenvalue weighted by Gasteiger charge is -2.03. The molecular formula is C11H16ClN3OS. The zero-order chi connectivity index (χ0) is 12.1. The summed E-state index contributed by atoms with van der Waals surface area (Å²) in [6.07, 6.45) is 5.41. The summed E-state index contributed by atoms with van der Waals surface area (Å²) in [5, 5.41) is 7.20. The molecule has 1 aromatic rings. The van der Waals surface area contributed by atoms with E-state index in [2.05, 4.69) is 15.6 Å². The Kier molecular flexibility index (Phi) is 4.76. The first kappa shape index (κ1) is 12.8. The second-order valence-electron chi connectivity index (χ2n) is 4.18. The minimum atomic E-state index is 0.173. The van der Waals surface area contributed by atoms with E-state index in [1.165, 1.54) is 11.3 Å².